The quantitative estimate of drug-likeness (QED) is 0.854. The van der Waals surface area contributed by atoms with Crippen molar-refractivity contribution in [3.05, 3.63) is 72.8 Å². The lowest BCUT2D eigenvalue weighted by molar-refractivity contribution is -0.136. The molecule has 2 aromatic carbocycles. The Kier molecular flexibility index (Phi) is 4.70. The summed E-state index contributed by atoms with van der Waals surface area (Å²) in [6, 6.07) is 17.7. The van der Waals surface area contributed by atoms with Gasteiger partial charge in [0.1, 0.15) is 0 Å². The summed E-state index contributed by atoms with van der Waals surface area (Å²) in [7, 11) is 0. The molecule has 25 heavy (non-hydrogen) atoms. The third-order valence-electron chi connectivity index (χ3n) is 4.56. The number of carbonyl (C=O) groups is 2. The van der Waals surface area contributed by atoms with Gasteiger partial charge < -0.3 is 10.2 Å². The van der Waals surface area contributed by atoms with Crippen LogP contribution < -0.4 is 5.32 Å². The van der Waals surface area contributed by atoms with Gasteiger partial charge in [-0.3, -0.25) is 9.59 Å². The minimum Gasteiger partial charge on any atom is -0.351 e. The molecular formula is C21H22N2O2. The number of hydrogen-bond acceptors (Lipinski definition) is 2. The maximum Gasteiger partial charge on any atom is 0.251 e. The Labute approximate surface area is 148 Å². The van der Waals surface area contributed by atoms with Crippen LogP contribution in [0.25, 0.3) is 11.1 Å². The minimum atomic E-state index is -0.0886. The summed E-state index contributed by atoms with van der Waals surface area (Å²) in [6.07, 6.45) is 1.33. The SMILES string of the molecule is C=CC(=O)N1CC(C)(CNC(=O)c2ccc(-c3ccccc3)cc2)C1. The van der Waals surface area contributed by atoms with Crippen molar-refractivity contribution >= 4 is 11.8 Å². The highest BCUT2D eigenvalue weighted by molar-refractivity contribution is 5.94. The second-order valence-corrected chi connectivity index (χ2v) is 6.84. The Bertz CT molecular complexity index is 775. The van der Waals surface area contributed by atoms with E-state index < -0.39 is 0 Å². The maximum absolute atomic E-state index is 12.3. The average Bonchev–Trinajstić information content (AvgIpc) is 2.64. The summed E-state index contributed by atoms with van der Waals surface area (Å²) in [5.41, 5.74) is 2.78. The molecule has 1 fully saturated rings. The third kappa shape index (κ3) is 3.79. The molecule has 0 radical (unpaired) electrons. The van der Waals surface area contributed by atoms with E-state index in [-0.39, 0.29) is 17.2 Å². The lowest BCUT2D eigenvalue weighted by Crippen LogP contribution is -2.60. The van der Waals surface area contributed by atoms with Crippen molar-refractivity contribution < 1.29 is 9.59 Å². The summed E-state index contributed by atoms with van der Waals surface area (Å²) < 4.78 is 0. The zero-order valence-electron chi connectivity index (χ0n) is 14.4. The first kappa shape index (κ1) is 17.0. The summed E-state index contributed by atoms with van der Waals surface area (Å²) in [5.74, 6) is -0.144. The highest BCUT2D eigenvalue weighted by Gasteiger charge is 2.40. The molecular weight excluding hydrogens is 312 g/mol. The average molecular weight is 334 g/mol. The second kappa shape index (κ2) is 6.93. The summed E-state index contributed by atoms with van der Waals surface area (Å²) in [6.45, 7) is 7.40. The number of amides is 2. The number of hydrogen-bond donors (Lipinski definition) is 1. The van der Waals surface area contributed by atoms with E-state index in [1.807, 2.05) is 54.6 Å². The third-order valence-corrected chi connectivity index (χ3v) is 4.56. The van der Waals surface area contributed by atoms with Crippen LogP contribution in [0.5, 0.6) is 0 Å². The molecule has 1 aliphatic heterocycles. The highest BCUT2D eigenvalue weighted by atomic mass is 16.2. The number of likely N-dealkylation sites (tertiary alicyclic amines) is 1. The first-order valence-corrected chi connectivity index (χ1v) is 8.36. The molecule has 1 aliphatic rings. The molecule has 1 N–H and O–H groups in total. The van der Waals surface area contributed by atoms with Gasteiger partial charge in [0.2, 0.25) is 5.91 Å². The van der Waals surface area contributed by atoms with Crippen molar-refractivity contribution in [2.24, 2.45) is 5.41 Å². The van der Waals surface area contributed by atoms with E-state index >= 15 is 0 Å². The van der Waals surface area contributed by atoms with Crippen molar-refractivity contribution in [3.63, 3.8) is 0 Å². The monoisotopic (exact) mass is 334 g/mol. The predicted molar refractivity (Wildman–Crippen MR) is 99.1 cm³/mol. The number of benzene rings is 2. The van der Waals surface area contributed by atoms with E-state index in [0.29, 0.717) is 25.2 Å². The van der Waals surface area contributed by atoms with Crippen molar-refractivity contribution in [1.82, 2.24) is 10.2 Å². The van der Waals surface area contributed by atoms with Crippen molar-refractivity contribution in [1.29, 1.82) is 0 Å². The molecule has 4 nitrogen and oxygen atoms in total. The molecule has 1 heterocycles. The topological polar surface area (TPSA) is 49.4 Å². The Balaban J connectivity index is 1.56. The van der Waals surface area contributed by atoms with Gasteiger partial charge in [-0.2, -0.15) is 0 Å². The van der Waals surface area contributed by atoms with E-state index in [0.717, 1.165) is 11.1 Å². The normalized spacial score (nSPS) is 15.2. The number of nitrogens with one attached hydrogen (secondary N) is 1. The van der Waals surface area contributed by atoms with Crippen molar-refractivity contribution in [2.45, 2.75) is 6.92 Å². The molecule has 0 aromatic heterocycles. The fourth-order valence-corrected chi connectivity index (χ4v) is 3.11. The van der Waals surface area contributed by atoms with Gasteiger partial charge in [-0.15, -0.1) is 0 Å². The highest BCUT2D eigenvalue weighted by Crippen LogP contribution is 2.29. The van der Waals surface area contributed by atoms with E-state index in [2.05, 4.69) is 18.8 Å². The molecule has 0 spiro atoms. The Morgan fingerprint density at radius 2 is 1.68 bits per heavy atom. The summed E-state index contributed by atoms with van der Waals surface area (Å²) in [4.78, 5) is 25.6. The largest absolute Gasteiger partial charge is 0.351 e. The van der Waals surface area contributed by atoms with Gasteiger partial charge in [0.05, 0.1) is 0 Å². The molecule has 4 heteroatoms. The predicted octanol–water partition coefficient (Wildman–Crippen LogP) is 3.12. The van der Waals surface area contributed by atoms with E-state index in [9.17, 15) is 9.59 Å². The summed E-state index contributed by atoms with van der Waals surface area (Å²) in [5, 5.41) is 2.98. The van der Waals surface area contributed by atoms with Gasteiger partial charge in [0.15, 0.2) is 0 Å². The Morgan fingerprint density at radius 1 is 1.08 bits per heavy atom. The first-order valence-electron chi connectivity index (χ1n) is 8.36. The van der Waals surface area contributed by atoms with Crippen LogP contribution in [-0.2, 0) is 4.79 Å². The van der Waals surface area contributed by atoms with Crippen molar-refractivity contribution in [3.8, 4) is 11.1 Å². The van der Waals surface area contributed by atoms with Gasteiger partial charge in [0.25, 0.3) is 5.91 Å². The summed E-state index contributed by atoms with van der Waals surface area (Å²) >= 11 is 0. The number of rotatable bonds is 5. The van der Waals surface area contributed by atoms with Crippen LogP contribution in [0, 0.1) is 5.41 Å². The molecule has 0 atom stereocenters. The van der Waals surface area contributed by atoms with Gasteiger partial charge in [-0.05, 0) is 29.3 Å². The second-order valence-electron chi connectivity index (χ2n) is 6.84. The standard InChI is InChI=1S/C21H22N2O2/c1-3-19(24)23-14-21(2,15-23)13-22-20(25)18-11-9-17(10-12-18)16-7-5-4-6-8-16/h3-12H,1,13-15H2,2H3,(H,22,25). The van der Waals surface area contributed by atoms with Crippen LogP contribution >= 0.6 is 0 Å². The van der Waals surface area contributed by atoms with Crippen LogP contribution in [0.3, 0.4) is 0 Å². The van der Waals surface area contributed by atoms with E-state index in [4.69, 9.17) is 0 Å². The van der Waals surface area contributed by atoms with Crippen LogP contribution in [0.1, 0.15) is 17.3 Å². The van der Waals surface area contributed by atoms with Gasteiger partial charge in [-0.25, -0.2) is 0 Å². The minimum absolute atomic E-state index is 0.0553. The lowest BCUT2D eigenvalue weighted by Gasteiger charge is -2.47. The fourth-order valence-electron chi connectivity index (χ4n) is 3.11. The maximum atomic E-state index is 12.3. The molecule has 128 valence electrons. The molecule has 1 saturated heterocycles. The molecule has 0 saturated carbocycles. The smallest absolute Gasteiger partial charge is 0.251 e. The lowest BCUT2D eigenvalue weighted by atomic mass is 9.81. The van der Waals surface area contributed by atoms with Crippen LogP contribution in [0.4, 0.5) is 0 Å². The fraction of sp³-hybridized carbons (Fsp3) is 0.238. The van der Waals surface area contributed by atoms with Crippen LogP contribution in [0.15, 0.2) is 67.3 Å². The number of carbonyl (C=O) groups excluding carboxylic acids is 2. The zero-order chi connectivity index (χ0) is 17.9. The van der Waals surface area contributed by atoms with Gasteiger partial charge >= 0.3 is 0 Å². The van der Waals surface area contributed by atoms with Gasteiger partial charge in [-0.1, -0.05) is 56.0 Å². The zero-order valence-corrected chi connectivity index (χ0v) is 14.4. The molecule has 0 bridgehead atoms. The Morgan fingerprint density at radius 3 is 2.28 bits per heavy atom. The molecule has 2 amide bonds. The molecule has 2 aromatic rings. The van der Waals surface area contributed by atoms with Gasteiger partial charge in [0, 0.05) is 30.6 Å². The van der Waals surface area contributed by atoms with Crippen LogP contribution in [-0.4, -0.2) is 36.3 Å². The van der Waals surface area contributed by atoms with Crippen LogP contribution in [0.2, 0.25) is 0 Å². The molecule has 3 rings (SSSR count). The molecule has 0 unspecified atom stereocenters. The van der Waals surface area contributed by atoms with E-state index in [1.165, 1.54) is 6.08 Å². The van der Waals surface area contributed by atoms with Crippen molar-refractivity contribution in [2.75, 3.05) is 19.6 Å². The van der Waals surface area contributed by atoms with E-state index in [1.54, 1.807) is 4.90 Å². The first-order chi connectivity index (χ1) is 12.0. The number of nitrogens with zero attached hydrogens (tertiary/aromatic N) is 1. The molecule has 0 aliphatic carbocycles. The Hall–Kier alpha value is -2.88.